The van der Waals surface area contributed by atoms with Crippen LogP contribution in [-0.2, 0) is 0 Å². The number of hydrogen-bond acceptors (Lipinski definition) is 1. The van der Waals surface area contributed by atoms with Crippen molar-refractivity contribution in [3.05, 3.63) is 0 Å². The van der Waals surface area contributed by atoms with Crippen LogP contribution < -0.4 is 0 Å². The summed E-state index contributed by atoms with van der Waals surface area (Å²) >= 11 is 0. The van der Waals surface area contributed by atoms with Gasteiger partial charge in [0.1, 0.15) is 6.17 Å². The molecule has 3 nitrogen and oxygen atoms in total. The summed E-state index contributed by atoms with van der Waals surface area (Å²) in [6.45, 7) is 1.11. The number of halogens is 1. The predicted molar refractivity (Wildman–Crippen MR) is 44.8 cm³/mol. The Morgan fingerprint density at radius 3 is 2.33 bits per heavy atom. The number of nitrogens with zero attached hydrogens (tertiary/aromatic N) is 2. The molecule has 1 heterocycles. The average molecular weight is 174 g/mol. The molecule has 0 aromatic carbocycles. The summed E-state index contributed by atoms with van der Waals surface area (Å²) in [4.78, 5) is 14.6. The molecule has 1 rings (SSSR count). The van der Waals surface area contributed by atoms with Crippen molar-refractivity contribution in [3.8, 4) is 0 Å². The van der Waals surface area contributed by atoms with Gasteiger partial charge in [0.25, 0.3) is 0 Å². The first kappa shape index (κ1) is 9.29. The molecule has 0 aromatic rings. The number of carbonyl (C=O) groups excluding carboxylic acids is 1. The molecule has 70 valence electrons. The van der Waals surface area contributed by atoms with E-state index in [0.29, 0.717) is 25.9 Å². The third-order valence-electron chi connectivity index (χ3n) is 2.08. The zero-order chi connectivity index (χ0) is 9.14. The van der Waals surface area contributed by atoms with Gasteiger partial charge in [0.05, 0.1) is 0 Å². The zero-order valence-corrected chi connectivity index (χ0v) is 7.59. The molecule has 2 amide bonds. The van der Waals surface area contributed by atoms with Gasteiger partial charge in [-0.25, -0.2) is 9.18 Å². The topological polar surface area (TPSA) is 23.6 Å². The standard InChI is InChI=1S/C8H15FN2O/c1-10(2)8(12)11-5-3-7(9)4-6-11/h7H,3-6H2,1-2H3. The first-order valence-corrected chi connectivity index (χ1v) is 4.21. The van der Waals surface area contributed by atoms with E-state index in [1.54, 1.807) is 19.0 Å². The molecular weight excluding hydrogens is 159 g/mol. The second kappa shape index (κ2) is 3.74. The smallest absolute Gasteiger partial charge is 0.319 e. The summed E-state index contributed by atoms with van der Waals surface area (Å²) in [6, 6.07) is -0.0121. The highest BCUT2D eigenvalue weighted by atomic mass is 19.1. The fraction of sp³-hybridized carbons (Fsp3) is 0.875. The Morgan fingerprint density at radius 2 is 1.92 bits per heavy atom. The summed E-state index contributed by atoms with van der Waals surface area (Å²) in [5.41, 5.74) is 0. The molecule has 0 unspecified atom stereocenters. The van der Waals surface area contributed by atoms with E-state index in [9.17, 15) is 9.18 Å². The number of amides is 2. The van der Waals surface area contributed by atoms with E-state index in [1.807, 2.05) is 0 Å². The molecule has 0 aromatic heterocycles. The molecule has 0 radical (unpaired) electrons. The highest BCUT2D eigenvalue weighted by Gasteiger charge is 2.22. The van der Waals surface area contributed by atoms with Crippen molar-refractivity contribution in [2.45, 2.75) is 19.0 Å². The van der Waals surface area contributed by atoms with Crippen molar-refractivity contribution >= 4 is 6.03 Å². The number of alkyl halides is 1. The van der Waals surface area contributed by atoms with Crippen molar-refractivity contribution in [2.75, 3.05) is 27.2 Å². The molecule has 0 bridgehead atoms. The van der Waals surface area contributed by atoms with Crippen molar-refractivity contribution in [1.82, 2.24) is 9.80 Å². The largest absolute Gasteiger partial charge is 0.331 e. The van der Waals surface area contributed by atoms with Crippen LogP contribution >= 0.6 is 0 Å². The molecule has 0 aliphatic carbocycles. The van der Waals surface area contributed by atoms with Gasteiger partial charge in [-0.2, -0.15) is 0 Å². The van der Waals surface area contributed by atoms with E-state index in [0.717, 1.165) is 0 Å². The van der Waals surface area contributed by atoms with Gasteiger partial charge >= 0.3 is 6.03 Å². The SMILES string of the molecule is CN(C)C(=O)N1CCC(F)CC1. The summed E-state index contributed by atoms with van der Waals surface area (Å²) in [5, 5.41) is 0. The highest BCUT2D eigenvalue weighted by molar-refractivity contribution is 5.73. The number of carbonyl (C=O) groups is 1. The molecule has 1 saturated heterocycles. The van der Waals surface area contributed by atoms with Gasteiger partial charge in [0.2, 0.25) is 0 Å². The predicted octanol–water partition coefficient (Wildman–Crippen LogP) is 1.10. The van der Waals surface area contributed by atoms with Crippen LogP contribution in [0.25, 0.3) is 0 Å². The number of urea groups is 1. The minimum atomic E-state index is -0.712. The fourth-order valence-electron chi connectivity index (χ4n) is 1.32. The second-order valence-electron chi connectivity index (χ2n) is 3.34. The van der Waals surface area contributed by atoms with Crippen LogP contribution in [0.1, 0.15) is 12.8 Å². The Morgan fingerprint density at radius 1 is 1.42 bits per heavy atom. The van der Waals surface area contributed by atoms with Gasteiger partial charge < -0.3 is 9.80 Å². The number of likely N-dealkylation sites (tertiary alicyclic amines) is 1. The molecule has 0 spiro atoms. The van der Waals surface area contributed by atoms with Crippen LogP contribution in [0.2, 0.25) is 0 Å². The third-order valence-corrected chi connectivity index (χ3v) is 2.08. The average Bonchev–Trinajstić information content (AvgIpc) is 2.04. The first-order chi connectivity index (χ1) is 5.61. The van der Waals surface area contributed by atoms with Crippen LogP contribution in [0.4, 0.5) is 9.18 Å². The molecule has 1 aliphatic heterocycles. The van der Waals surface area contributed by atoms with Gasteiger partial charge in [-0.15, -0.1) is 0 Å². The Labute approximate surface area is 72.1 Å². The lowest BCUT2D eigenvalue weighted by molar-refractivity contribution is 0.134. The number of piperidine rings is 1. The van der Waals surface area contributed by atoms with Crippen molar-refractivity contribution < 1.29 is 9.18 Å². The van der Waals surface area contributed by atoms with Crippen molar-refractivity contribution in [1.29, 1.82) is 0 Å². The first-order valence-electron chi connectivity index (χ1n) is 4.21. The Hall–Kier alpha value is -0.800. The van der Waals surface area contributed by atoms with Crippen LogP contribution in [0.3, 0.4) is 0 Å². The third kappa shape index (κ3) is 2.09. The second-order valence-corrected chi connectivity index (χ2v) is 3.34. The van der Waals surface area contributed by atoms with E-state index < -0.39 is 6.17 Å². The van der Waals surface area contributed by atoms with Crippen LogP contribution in [0, 0.1) is 0 Å². The number of hydrogen-bond donors (Lipinski definition) is 0. The fourth-order valence-corrected chi connectivity index (χ4v) is 1.32. The zero-order valence-electron chi connectivity index (χ0n) is 7.59. The van der Waals surface area contributed by atoms with E-state index in [2.05, 4.69) is 0 Å². The molecule has 0 saturated carbocycles. The van der Waals surface area contributed by atoms with Gasteiger partial charge in [-0.05, 0) is 12.8 Å². The van der Waals surface area contributed by atoms with Gasteiger partial charge in [-0.1, -0.05) is 0 Å². The van der Waals surface area contributed by atoms with Crippen LogP contribution in [-0.4, -0.2) is 49.2 Å². The maximum Gasteiger partial charge on any atom is 0.319 e. The van der Waals surface area contributed by atoms with Gasteiger partial charge in [0, 0.05) is 27.2 Å². The highest BCUT2D eigenvalue weighted by Crippen LogP contribution is 2.13. The minimum Gasteiger partial charge on any atom is -0.331 e. The Balaban J connectivity index is 2.39. The van der Waals surface area contributed by atoms with E-state index in [4.69, 9.17) is 0 Å². The summed E-state index contributed by atoms with van der Waals surface area (Å²) < 4.78 is 12.7. The molecule has 1 aliphatic rings. The lowest BCUT2D eigenvalue weighted by Gasteiger charge is -2.30. The van der Waals surface area contributed by atoms with E-state index in [-0.39, 0.29) is 6.03 Å². The summed E-state index contributed by atoms with van der Waals surface area (Å²) in [7, 11) is 3.42. The molecular formula is C8H15FN2O. The molecule has 1 fully saturated rings. The lowest BCUT2D eigenvalue weighted by atomic mass is 10.1. The van der Waals surface area contributed by atoms with E-state index >= 15 is 0 Å². The molecule has 0 N–H and O–H groups in total. The van der Waals surface area contributed by atoms with Crippen molar-refractivity contribution in [2.24, 2.45) is 0 Å². The quantitative estimate of drug-likeness (QED) is 0.539. The lowest BCUT2D eigenvalue weighted by Crippen LogP contribution is -2.44. The van der Waals surface area contributed by atoms with Crippen LogP contribution in [0.15, 0.2) is 0 Å². The normalized spacial score (nSPS) is 19.4. The maximum absolute atomic E-state index is 12.7. The Bertz CT molecular complexity index is 164. The molecule has 12 heavy (non-hydrogen) atoms. The van der Waals surface area contributed by atoms with Crippen molar-refractivity contribution in [3.63, 3.8) is 0 Å². The van der Waals surface area contributed by atoms with Crippen LogP contribution in [0.5, 0.6) is 0 Å². The minimum absolute atomic E-state index is 0.0121. The van der Waals surface area contributed by atoms with Gasteiger partial charge in [0.15, 0.2) is 0 Å². The number of rotatable bonds is 0. The molecule has 4 heteroatoms. The van der Waals surface area contributed by atoms with E-state index in [1.165, 1.54) is 4.90 Å². The Kier molecular flexibility index (Phi) is 2.89. The maximum atomic E-state index is 12.7. The monoisotopic (exact) mass is 174 g/mol. The van der Waals surface area contributed by atoms with Gasteiger partial charge in [-0.3, -0.25) is 0 Å². The summed E-state index contributed by atoms with van der Waals surface area (Å²) in [6.07, 6.45) is 0.260. The molecule has 0 atom stereocenters. The summed E-state index contributed by atoms with van der Waals surface area (Å²) in [5.74, 6) is 0.